The lowest BCUT2D eigenvalue weighted by Crippen LogP contribution is -2.32. The molecule has 0 unspecified atom stereocenters. The maximum atomic E-state index is 13.9. The number of halogens is 6. The number of hydrogen-bond donors (Lipinski definition) is 0. The molecule has 0 spiro atoms. The fourth-order valence-electron chi connectivity index (χ4n) is 4.60. The second-order valence-electron chi connectivity index (χ2n) is 10.4. The van der Waals surface area contributed by atoms with Crippen LogP contribution in [0.3, 0.4) is 0 Å². The van der Waals surface area contributed by atoms with Gasteiger partial charge < -0.3 is 19.3 Å². The van der Waals surface area contributed by atoms with Crippen molar-refractivity contribution in [1.82, 2.24) is 0 Å². The molecular weight excluding hydrogens is 920 g/mol. The minimum absolute atomic E-state index is 0.125. The van der Waals surface area contributed by atoms with Crippen LogP contribution in [0.5, 0.6) is 17.2 Å². The van der Waals surface area contributed by atoms with Gasteiger partial charge in [0.1, 0.15) is 43.5 Å². The van der Waals surface area contributed by atoms with Gasteiger partial charge in [-0.3, -0.25) is 4.99 Å². The number of allylic oxidation sites excluding steroid dienone is 11. The van der Waals surface area contributed by atoms with Gasteiger partial charge in [0.2, 0.25) is 5.71 Å². The number of nitrogens with zero attached hydrogens (tertiary/aromatic N) is 2. The van der Waals surface area contributed by atoms with Crippen LogP contribution in [0, 0.1) is 5.41 Å². The predicted molar refractivity (Wildman–Crippen MR) is 185 cm³/mol. The zero-order chi connectivity index (χ0) is 30.7. The Labute approximate surface area is 290 Å². The van der Waals surface area contributed by atoms with Gasteiger partial charge in [-0.05, 0) is 119 Å². The Morgan fingerprint density at radius 2 is 1.44 bits per heavy atom. The van der Waals surface area contributed by atoms with Gasteiger partial charge in [-0.1, -0.05) is 26.5 Å². The summed E-state index contributed by atoms with van der Waals surface area (Å²) in [5.41, 5.74) is 4.37. The van der Waals surface area contributed by atoms with Crippen molar-refractivity contribution in [2.24, 2.45) is 10.4 Å². The molecule has 0 radical (unpaired) electrons. The molecule has 0 aromatic heterocycles. The fourth-order valence-corrected chi connectivity index (χ4v) is 9.43. The summed E-state index contributed by atoms with van der Waals surface area (Å²) in [5, 5.41) is 13.9. The Balaban J connectivity index is 2.04. The van der Waals surface area contributed by atoms with Gasteiger partial charge in [0.15, 0.2) is 11.5 Å². The van der Waals surface area contributed by atoms with Gasteiger partial charge in [0.05, 0.1) is 25.5 Å². The molecular formula is C29H26Br6N2O4. The number of methoxy groups -OCH3 is 2. The molecule has 1 aromatic carbocycles. The Bertz CT molecular complexity index is 1620. The molecule has 2 aliphatic carbocycles. The van der Waals surface area contributed by atoms with Gasteiger partial charge in [-0.15, -0.1) is 0 Å². The standard InChI is InChI=1S/C29H26Br6N2O4/c1-29(2,3)13-10-11(14-26(39-7)21(34)28(40-8)22(35)27(14)41-13)9-12-23(36-4)16(25(12)38)15-17(30)19(32)24(37(5)6)20(33)18(15)31/h9-10H,1-8H3/b11-9+. The highest BCUT2D eigenvalue weighted by atomic mass is 79.9. The van der Waals surface area contributed by atoms with E-state index in [-0.39, 0.29) is 11.2 Å². The van der Waals surface area contributed by atoms with Crippen LogP contribution in [0.2, 0.25) is 0 Å². The van der Waals surface area contributed by atoms with Crippen molar-refractivity contribution < 1.29 is 23.9 Å². The highest BCUT2D eigenvalue weighted by Gasteiger charge is 2.38. The van der Waals surface area contributed by atoms with E-state index in [2.05, 4.69) is 121 Å². The van der Waals surface area contributed by atoms with Crippen molar-refractivity contribution in [2.45, 2.75) is 20.8 Å². The molecule has 0 amide bonds. The minimum atomic E-state index is -0.320. The van der Waals surface area contributed by atoms with E-state index in [0.717, 1.165) is 35.0 Å². The predicted octanol–water partition coefficient (Wildman–Crippen LogP) is 8.66. The number of aliphatic imine (C=N–C) groups is 1. The van der Waals surface area contributed by atoms with E-state index in [1.807, 2.05) is 30.8 Å². The van der Waals surface area contributed by atoms with Crippen LogP contribution in [-0.2, 0) is 0 Å². The van der Waals surface area contributed by atoms with E-state index >= 15 is 0 Å². The summed E-state index contributed by atoms with van der Waals surface area (Å²) in [6.45, 7) is 6.20. The van der Waals surface area contributed by atoms with Gasteiger partial charge in [-0.2, -0.15) is 0 Å². The first-order chi connectivity index (χ1) is 19.1. The monoisotopic (exact) mass is 940 g/mol. The summed E-state index contributed by atoms with van der Waals surface area (Å²) in [6, 6.07) is 0. The Morgan fingerprint density at radius 3 is 1.90 bits per heavy atom. The zero-order valence-corrected chi connectivity index (χ0v) is 33.0. The van der Waals surface area contributed by atoms with Gasteiger partial charge in [0.25, 0.3) is 0 Å². The average molecular weight is 946 g/mol. The molecule has 218 valence electrons. The van der Waals surface area contributed by atoms with Crippen LogP contribution in [0.1, 0.15) is 26.3 Å². The molecule has 1 aliphatic heterocycles. The number of rotatable bonds is 3. The first-order valence-electron chi connectivity index (χ1n) is 12.2. The number of benzene rings is 1. The summed E-state index contributed by atoms with van der Waals surface area (Å²) in [4.78, 5) is 4.55. The normalized spacial score (nSPS) is 19.6. The summed E-state index contributed by atoms with van der Waals surface area (Å²) in [6.07, 6.45) is 3.81. The molecule has 1 aromatic rings. The Morgan fingerprint density at radius 1 is 0.878 bits per heavy atom. The molecule has 0 saturated heterocycles. The van der Waals surface area contributed by atoms with Crippen LogP contribution in [0.15, 0.2) is 72.3 Å². The average Bonchev–Trinajstić information content (AvgIpc) is 2.90. The molecule has 1 heterocycles. The summed E-state index contributed by atoms with van der Waals surface area (Å²) in [7, 11) is 8.76. The molecule has 0 atom stereocenters. The molecule has 6 nitrogen and oxygen atoms in total. The third-order valence-corrected chi connectivity index (χ3v) is 12.2. The van der Waals surface area contributed by atoms with Crippen LogP contribution >= 0.6 is 95.6 Å². The Kier molecular flexibility index (Phi) is 9.84. The molecule has 3 aliphatic rings. The van der Waals surface area contributed by atoms with Crippen LogP contribution < -0.4 is 19.3 Å². The van der Waals surface area contributed by atoms with Crippen LogP contribution in [-0.4, -0.2) is 51.4 Å². The Hall–Kier alpha value is -0.920. The first kappa shape index (κ1) is 33.0. The second-order valence-corrected chi connectivity index (χ2v) is 15.2. The lowest BCUT2D eigenvalue weighted by atomic mass is 9.80. The van der Waals surface area contributed by atoms with Crippen molar-refractivity contribution in [3.8, 4) is 17.2 Å². The smallest absolute Gasteiger partial charge is 0.230 e. The van der Waals surface area contributed by atoms with E-state index in [1.54, 1.807) is 21.3 Å². The number of fused-ring (bicyclic) bond motifs is 1. The maximum Gasteiger partial charge on any atom is 0.230 e. The maximum absolute atomic E-state index is 13.9. The van der Waals surface area contributed by atoms with Crippen molar-refractivity contribution in [3.63, 3.8) is 0 Å². The molecule has 12 heteroatoms. The van der Waals surface area contributed by atoms with Crippen molar-refractivity contribution in [3.05, 3.63) is 72.8 Å². The van der Waals surface area contributed by atoms with E-state index in [0.29, 0.717) is 54.2 Å². The fraction of sp³-hybridized carbons (Fsp3) is 0.310. The summed E-state index contributed by atoms with van der Waals surface area (Å²) < 4.78 is 24.3. The first-order valence-corrected chi connectivity index (χ1v) is 16.9. The lowest BCUT2D eigenvalue weighted by molar-refractivity contribution is -0.463. The third-order valence-electron chi connectivity index (χ3n) is 6.61. The molecule has 0 bridgehead atoms. The summed E-state index contributed by atoms with van der Waals surface area (Å²) in [5.74, 6) is 2.22. The summed E-state index contributed by atoms with van der Waals surface area (Å²) >= 11 is 22.1. The van der Waals surface area contributed by atoms with Crippen molar-refractivity contribution >= 4 is 113 Å². The third kappa shape index (κ3) is 5.47. The molecule has 0 fully saturated rings. The second kappa shape index (κ2) is 12.2. The zero-order valence-electron chi connectivity index (χ0n) is 23.4. The highest BCUT2D eigenvalue weighted by molar-refractivity contribution is 9.15. The van der Waals surface area contributed by atoms with E-state index in [1.165, 1.54) is 0 Å². The highest BCUT2D eigenvalue weighted by Crippen LogP contribution is 2.56. The van der Waals surface area contributed by atoms with Crippen LogP contribution in [0.25, 0.3) is 5.57 Å². The van der Waals surface area contributed by atoms with Crippen LogP contribution in [0.4, 0.5) is 0 Å². The van der Waals surface area contributed by atoms with Crippen molar-refractivity contribution in [1.29, 1.82) is 0 Å². The SMILES string of the molecule is CN=C1C(/C=C2\C=C(C(C)(C)C)Oc3c(Br)c(OC)c(Br)c(OC)c32)=C([O-])C1=C1C(Br)=C(Br)C(=[N+](C)C)C(Br)=C1Br. The largest absolute Gasteiger partial charge is 0.872 e. The van der Waals surface area contributed by atoms with Gasteiger partial charge in [-0.25, -0.2) is 4.58 Å². The number of ether oxygens (including phenoxy) is 3. The number of hydrogen-bond acceptors (Lipinski definition) is 5. The van der Waals surface area contributed by atoms with E-state index in [4.69, 9.17) is 14.2 Å². The van der Waals surface area contributed by atoms with E-state index < -0.39 is 0 Å². The molecule has 0 saturated carbocycles. The molecule has 0 N–H and O–H groups in total. The van der Waals surface area contributed by atoms with Gasteiger partial charge in [0, 0.05) is 32.6 Å². The lowest BCUT2D eigenvalue weighted by Gasteiger charge is -2.37. The minimum Gasteiger partial charge on any atom is -0.872 e. The topological polar surface area (TPSA) is 66.1 Å². The quantitative estimate of drug-likeness (QED) is 0.285. The van der Waals surface area contributed by atoms with Crippen molar-refractivity contribution in [2.75, 3.05) is 35.4 Å². The molecule has 41 heavy (non-hydrogen) atoms. The van der Waals surface area contributed by atoms with E-state index in [9.17, 15) is 5.11 Å². The van der Waals surface area contributed by atoms with Gasteiger partial charge >= 0.3 is 0 Å². The molecule has 4 rings (SSSR count).